The minimum atomic E-state index is 0.704. The van der Waals surface area contributed by atoms with E-state index in [1.807, 2.05) is 18.2 Å². The van der Waals surface area contributed by atoms with Crippen molar-refractivity contribution < 1.29 is 0 Å². The van der Waals surface area contributed by atoms with Crippen LogP contribution in [0, 0.1) is 13.8 Å². The average Bonchev–Trinajstić information content (AvgIpc) is 2.20. The molecule has 0 aliphatic carbocycles. The molecule has 0 atom stereocenters. The van der Waals surface area contributed by atoms with E-state index in [0.717, 1.165) is 11.3 Å². The molecule has 0 saturated carbocycles. The Morgan fingerprint density at radius 2 is 1.67 bits per heavy atom. The van der Waals surface area contributed by atoms with Gasteiger partial charge >= 0.3 is 0 Å². The summed E-state index contributed by atoms with van der Waals surface area (Å²) in [6.07, 6.45) is 1.77. The SMILES string of the molecule is Cc1cccc(C)c1-c1ncccc1Cl. The Hall–Kier alpha value is -1.34. The Kier molecular flexibility index (Phi) is 2.74. The maximum absolute atomic E-state index is 6.14. The Labute approximate surface area is 94.7 Å². The van der Waals surface area contributed by atoms with Crippen LogP contribution in [0.15, 0.2) is 36.5 Å². The van der Waals surface area contributed by atoms with Crippen LogP contribution in [0.5, 0.6) is 0 Å². The van der Waals surface area contributed by atoms with Gasteiger partial charge < -0.3 is 0 Å². The topological polar surface area (TPSA) is 12.9 Å². The van der Waals surface area contributed by atoms with Gasteiger partial charge in [0.1, 0.15) is 0 Å². The number of aryl methyl sites for hydroxylation is 2. The normalized spacial score (nSPS) is 10.3. The van der Waals surface area contributed by atoms with Gasteiger partial charge in [0, 0.05) is 11.8 Å². The van der Waals surface area contributed by atoms with Crippen LogP contribution in [0.25, 0.3) is 11.3 Å². The summed E-state index contributed by atoms with van der Waals surface area (Å²) in [6.45, 7) is 4.15. The third-order valence-electron chi connectivity index (χ3n) is 2.48. The Bertz CT molecular complexity index is 471. The van der Waals surface area contributed by atoms with Crippen LogP contribution < -0.4 is 0 Å². The van der Waals surface area contributed by atoms with E-state index in [0.29, 0.717) is 5.02 Å². The number of nitrogens with zero attached hydrogens (tertiary/aromatic N) is 1. The molecule has 0 bridgehead atoms. The smallest absolute Gasteiger partial charge is 0.0893 e. The van der Waals surface area contributed by atoms with Crippen molar-refractivity contribution >= 4 is 11.6 Å². The standard InChI is InChI=1S/C13H12ClN/c1-9-5-3-6-10(2)12(9)13-11(14)7-4-8-15-13/h3-8H,1-2H3. The molecule has 76 valence electrons. The number of pyridine rings is 1. The van der Waals surface area contributed by atoms with Crippen molar-refractivity contribution in [3.63, 3.8) is 0 Å². The number of benzene rings is 1. The van der Waals surface area contributed by atoms with E-state index in [1.165, 1.54) is 11.1 Å². The predicted octanol–water partition coefficient (Wildman–Crippen LogP) is 4.02. The first-order valence-electron chi connectivity index (χ1n) is 4.87. The minimum absolute atomic E-state index is 0.704. The average molecular weight is 218 g/mol. The molecule has 1 nitrogen and oxygen atoms in total. The van der Waals surface area contributed by atoms with Crippen molar-refractivity contribution in [2.45, 2.75) is 13.8 Å². The highest BCUT2D eigenvalue weighted by Crippen LogP contribution is 2.30. The van der Waals surface area contributed by atoms with Crippen molar-refractivity contribution in [1.29, 1.82) is 0 Å². The lowest BCUT2D eigenvalue weighted by Gasteiger charge is -2.09. The summed E-state index contributed by atoms with van der Waals surface area (Å²) in [5, 5.41) is 0.704. The summed E-state index contributed by atoms with van der Waals surface area (Å²) in [5.74, 6) is 0. The third-order valence-corrected chi connectivity index (χ3v) is 2.78. The van der Waals surface area contributed by atoms with E-state index < -0.39 is 0 Å². The molecule has 15 heavy (non-hydrogen) atoms. The third kappa shape index (κ3) is 1.88. The number of hydrogen-bond donors (Lipinski definition) is 0. The van der Waals surface area contributed by atoms with E-state index >= 15 is 0 Å². The summed E-state index contributed by atoms with van der Waals surface area (Å²) in [5.41, 5.74) is 4.42. The van der Waals surface area contributed by atoms with Crippen LogP contribution in [0.2, 0.25) is 5.02 Å². The molecule has 0 fully saturated rings. The molecule has 1 aromatic carbocycles. The Balaban J connectivity index is 2.69. The van der Waals surface area contributed by atoms with Crippen LogP contribution >= 0.6 is 11.6 Å². The van der Waals surface area contributed by atoms with Crippen LogP contribution in [0.4, 0.5) is 0 Å². The van der Waals surface area contributed by atoms with E-state index in [2.05, 4.69) is 31.0 Å². The molecule has 0 radical (unpaired) electrons. The van der Waals surface area contributed by atoms with Crippen molar-refractivity contribution in [2.75, 3.05) is 0 Å². The molecule has 0 saturated heterocycles. The molecule has 0 aliphatic heterocycles. The molecule has 0 aliphatic rings. The number of halogens is 1. The van der Waals surface area contributed by atoms with Gasteiger partial charge in [-0.25, -0.2) is 0 Å². The maximum atomic E-state index is 6.14. The summed E-state index contributed by atoms with van der Waals surface area (Å²) >= 11 is 6.14. The molecule has 1 heterocycles. The van der Waals surface area contributed by atoms with E-state index in [4.69, 9.17) is 11.6 Å². The summed E-state index contributed by atoms with van der Waals surface area (Å²) in [4.78, 5) is 4.34. The van der Waals surface area contributed by atoms with Crippen molar-refractivity contribution in [1.82, 2.24) is 4.98 Å². The van der Waals surface area contributed by atoms with Gasteiger partial charge in [0.2, 0.25) is 0 Å². The number of rotatable bonds is 1. The van der Waals surface area contributed by atoms with Gasteiger partial charge in [-0.1, -0.05) is 29.8 Å². The monoisotopic (exact) mass is 217 g/mol. The fourth-order valence-electron chi connectivity index (χ4n) is 1.76. The molecule has 2 aromatic rings. The lowest BCUT2D eigenvalue weighted by atomic mass is 10.00. The summed E-state index contributed by atoms with van der Waals surface area (Å²) in [6, 6.07) is 9.92. The second-order valence-corrected chi connectivity index (χ2v) is 4.01. The first kappa shape index (κ1) is 10.2. The van der Waals surface area contributed by atoms with E-state index in [-0.39, 0.29) is 0 Å². The summed E-state index contributed by atoms with van der Waals surface area (Å²) in [7, 11) is 0. The van der Waals surface area contributed by atoms with Gasteiger partial charge in [-0.3, -0.25) is 4.98 Å². The lowest BCUT2D eigenvalue weighted by Crippen LogP contribution is -1.91. The van der Waals surface area contributed by atoms with Crippen molar-refractivity contribution in [3.05, 3.63) is 52.7 Å². The fraction of sp³-hybridized carbons (Fsp3) is 0.154. The van der Waals surface area contributed by atoms with Crippen LogP contribution in [-0.4, -0.2) is 4.98 Å². The molecular weight excluding hydrogens is 206 g/mol. The minimum Gasteiger partial charge on any atom is -0.255 e. The number of aromatic nitrogens is 1. The highest BCUT2D eigenvalue weighted by Gasteiger charge is 2.09. The second kappa shape index (κ2) is 4.03. The highest BCUT2D eigenvalue weighted by atomic mass is 35.5. The fourth-order valence-corrected chi connectivity index (χ4v) is 1.97. The van der Waals surface area contributed by atoms with Crippen LogP contribution in [0.3, 0.4) is 0 Å². The van der Waals surface area contributed by atoms with Gasteiger partial charge in [-0.2, -0.15) is 0 Å². The first-order chi connectivity index (χ1) is 7.20. The zero-order valence-electron chi connectivity index (χ0n) is 8.79. The van der Waals surface area contributed by atoms with E-state index in [1.54, 1.807) is 6.20 Å². The first-order valence-corrected chi connectivity index (χ1v) is 5.25. The second-order valence-electron chi connectivity index (χ2n) is 3.60. The molecule has 0 spiro atoms. The largest absolute Gasteiger partial charge is 0.255 e. The summed E-state index contributed by atoms with van der Waals surface area (Å²) < 4.78 is 0. The van der Waals surface area contributed by atoms with Gasteiger partial charge in [-0.05, 0) is 37.1 Å². The molecule has 2 rings (SSSR count). The lowest BCUT2D eigenvalue weighted by molar-refractivity contribution is 1.28. The van der Waals surface area contributed by atoms with Crippen molar-refractivity contribution in [2.24, 2.45) is 0 Å². The van der Waals surface area contributed by atoms with Crippen LogP contribution in [-0.2, 0) is 0 Å². The van der Waals surface area contributed by atoms with Gasteiger partial charge in [0.05, 0.1) is 10.7 Å². The van der Waals surface area contributed by atoms with Crippen LogP contribution in [0.1, 0.15) is 11.1 Å². The predicted molar refractivity (Wildman–Crippen MR) is 64.2 cm³/mol. The molecule has 1 aromatic heterocycles. The Morgan fingerprint density at radius 1 is 1.00 bits per heavy atom. The maximum Gasteiger partial charge on any atom is 0.0893 e. The zero-order chi connectivity index (χ0) is 10.8. The van der Waals surface area contributed by atoms with Gasteiger partial charge in [0.25, 0.3) is 0 Å². The quantitative estimate of drug-likeness (QED) is 0.703. The van der Waals surface area contributed by atoms with Gasteiger partial charge in [0.15, 0.2) is 0 Å². The highest BCUT2D eigenvalue weighted by molar-refractivity contribution is 6.33. The Morgan fingerprint density at radius 3 is 2.27 bits per heavy atom. The molecular formula is C13H12ClN. The molecule has 2 heteroatoms. The van der Waals surface area contributed by atoms with Crippen molar-refractivity contribution in [3.8, 4) is 11.3 Å². The number of hydrogen-bond acceptors (Lipinski definition) is 1. The zero-order valence-corrected chi connectivity index (χ0v) is 9.55. The molecule has 0 unspecified atom stereocenters. The molecule has 0 amide bonds. The molecule has 0 N–H and O–H groups in total. The van der Waals surface area contributed by atoms with Gasteiger partial charge in [-0.15, -0.1) is 0 Å². The van der Waals surface area contributed by atoms with E-state index in [9.17, 15) is 0 Å².